The molecule has 0 aliphatic carbocycles. The van der Waals surface area contributed by atoms with Gasteiger partial charge in [0.15, 0.2) is 0 Å². The second-order valence-electron chi connectivity index (χ2n) is 10.6. The zero-order valence-corrected chi connectivity index (χ0v) is 20.6. The lowest BCUT2D eigenvalue weighted by molar-refractivity contribution is -0.125. The number of nitrogens with one attached hydrogen (secondary N) is 4. The fraction of sp³-hybridized carbons (Fsp3) is 0.538. The monoisotopic (exact) mass is 465 g/mol. The van der Waals surface area contributed by atoms with Gasteiger partial charge in [-0.15, -0.1) is 0 Å². The minimum absolute atomic E-state index is 0.00914. The first kappa shape index (κ1) is 25.3. The molecule has 1 aromatic heterocycles. The summed E-state index contributed by atoms with van der Waals surface area (Å²) < 4.78 is 0. The molecule has 34 heavy (non-hydrogen) atoms. The number of hydrogen-bond donors (Lipinski definition) is 4. The molecular weight excluding hydrogens is 430 g/mol. The molecule has 0 radical (unpaired) electrons. The third-order valence-corrected chi connectivity index (χ3v) is 6.22. The normalized spacial score (nSPS) is 17.8. The lowest BCUT2D eigenvalue weighted by atomic mass is 9.86. The molecule has 1 fully saturated rings. The highest BCUT2D eigenvalue weighted by molar-refractivity contribution is 6.00. The average Bonchev–Trinajstić information content (AvgIpc) is 3.37. The van der Waals surface area contributed by atoms with Gasteiger partial charge in [-0.1, -0.05) is 40.7 Å². The van der Waals surface area contributed by atoms with Gasteiger partial charge in [0.05, 0.1) is 6.07 Å². The molecule has 1 aliphatic heterocycles. The summed E-state index contributed by atoms with van der Waals surface area (Å²) in [6.07, 6.45) is 1.33. The summed E-state index contributed by atoms with van der Waals surface area (Å²) in [7, 11) is 0. The van der Waals surface area contributed by atoms with Crippen molar-refractivity contribution in [1.82, 2.24) is 20.9 Å². The average molecular weight is 466 g/mol. The van der Waals surface area contributed by atoms with E-state index in [0.717, 1.165) is 10.9 Å². The van der Waals surface area contributed by atoms with Crippen LogP contribution in [0.15, 0.2) is 24.3 Å². The number of H-pyrrole nitrogens is 1. The molecule has 3 amide bonds. The van der Waals surface area contributed by atoms with E-state index in [1.54, 1.807) is 6.07 Å². The van der Waals surface area contributed by atoms with Gasteiger partial charge in [0, 0.05) is 23.4 Å². The molecule has 8 nitrogen and oxygen atoms in total. The van der Waals surface area contributed by atoms with Crippen molar-refractivity contribution in [2.45, 2.75) is 71.4 Å². The Balaban J connectivity index is 1.72. The zero-order valence-electron chi connectivity index (χ0n) is 20.6. The van der Waals surface area contributed by atoms with E-state index in [1.807, 2.05) is 26.0 Å². The zero-order chi connectivity index (χ0) is 25.0. The van der Waals surface area contributed by atoms with Crippen LogP contribution in [0.4, 0.5) is 0 Å². The van der Waals surface area contributed by atoms with Crippen LogP contribution in [0.1, 0.15) is 69.9 Å². The van der Waals surface area contributed by atoms with Crippen LogP contribution in [0.5, 0.6) is 0 Å². The van der Waals surface area contributed by atoms with Gasteiger partial charge in [0.25, 0.3) is 5.91 Å². The standard InChI is InChI=1S/C26H35N5O3/c1-15(2)10-21(24(33)29-19(14-27)12-16-8-9-28-23(16)32)31-25(34)22-13-17-11-18(26(3,4)5)6-7-20(17)30-22/h6-7,11,13,15-16,19,21,30H,8-10,12H2,1-5H3,(H,28,32)(H,29,33)(H,31,34)/t16-,19-,21-/m0/s1. The molecule has 0 unspecified atom stereocenters. The molecule has 0 spiro atoms. The van der Waals surface area contributed by atoms with Gasteiger partial charge >= 0.3 is 0 Å². The van der Waals surface area contributed by atoms with E-state index < -0.39 is 18.0 Å². The van der Waals surface area contributed by atoms with Crippen molar-refractivity contribution < 1.29 is 14.4 Å². The summed E-state index contributed by atoms with van der Waals surface area (Å²) in [6, 6.07) is 8.35. The van der Waals surface area contributed by atoms with Crippen LogP contribution >= 0.6 is 0 Å². The number of carbonyl (C=O) groups is 3. The summed E-state index contributed by atoms with van der Waals surface area (Å²) in [6.45, 7) is 10.9. The predicted octanol–water partition coefficient (Wildman–Crippen LogP) is 3.14. The van der Waals surface area contributed by atoms with Crippen molar-refractivity contribution >= 4 is 28.6 Å². The number of nitrogens with zero attached hydrogens (tertiary/aromatic N) is 1. The third kappa shape index (κ3) is 6.16. The first-order valence-corrected chi connectivity index (χ1v) is 11.9. The fourth-order valence-electron chi connectivity index (χ4n) is 4.23. The van der Waals surface area contributed by atoms with E-state index in [-0.39, 0.29) is 35.5 Å². The second-order valence-corrected chi connectivity index (χ2v) is 10.6. The van der Waals surface area contributed by atoms with Crippen LogP contribution in [-0.2, 0) is 15.0 Å². The molecule has 1 saturated heterocycles. The SMILES string of the molecule is CC(C)C[C@H](NC(=O)c1cc2cc(C(C)(C)C)ccc2[nH]1)C(=O)N[C@H](C#N)C[C@@H]1CCNC1=O. The van der Waals surface area contributed by atoms with E-state index in [9.17, 15) is 19.6 Å². The Morgan fingerprint density at radius 3 is 2.53 bits per heavy atom. The molecule has 2 heterocycles. The highest BCUT2D eigenvalue weighted by Crippen LogP contribution is 2.26. The molecule has 0 bridgehead atoms. The Morgan fingerprint density at radius 1 is 1.21 bits per heavy atom. The number of amides is 3. The summed E-state index contributed by atoms with van der Waals surface area (Å²) in [5.74, 6) is -1.02. The van der Waals surface area contributed by atoms with Crippen molar-refractivity contribution in [3.05, 3.63) is 35.5 Å². The molecule has 0 saturated carbocycles. The largest absolute Gasteiger partial charge is 0.356 e. The second kappa shape index (κ2) is 10.3. The molecule has 4 N–H and O–H groups in total. The molecular formula is C26H35N5O3. The van der Waals surface area contributed by atoms with Crippen molar-refractivity contribution in [2.75, 3.05) is 6.54 Å². The topological polar surface area (TPSA) is 127 Å². The fourth-order valence-corrected chi connectivity index (χ4v) is 4.23. The van der Waals surface area contributed by atoms with E-state index in [2.05, 4.69) is 53.8 Å². The van der Waals surface area contributed by atoms with Gasteiger partial charge in [-0.2, -0.15) is 5.26 Å². The number of benzene rings is 1. The van der Waals surface area contributed by atoms with Gasteiger partial charge < -0.3 is 20.9 Å². The number of carbonyl (C=O) groups excluding carboxylic acids is 3. The summed E-state index contributed by atoms with van der Waals surface area (Å²) in [5, 5.41) is 18.7. The van der Waals surface area contributed by atoms with E-state index in [1.165, 1.54) is 5.56 Å². The van der Waals surface area contributed by atoms with Crippen molar-refractivity contribution in [1.29, 1.82) is 5.26 Å². The van der Waals surface area contributed by atoms with Crippen molar-refractivity contribution in [3.63, 3.8) is 0 Å². The molecule has 3 rings (SSSR count). The van der Waals surface area contributed by atoms with Crippen LogP contribution < -0.4 is 16.0 Å². The van der Waals surface area contributed by atoms with Crippen LogP contribution in [-0.4, -0.2) is 41.3 Å². The van der Waals surface area contributed by atoms with Gasteiger partial charge in [-0.05, 0) is 54.4 Å². The van der Waals surface area contributed by atoms with Crippen LogP contribution in [0, 0.1) is 23.2 Å². The summed E-state index contributed by atoms with van der Waals surface area (Å²) in [4.78, 5) is 41.0. The number of aromatic nitrogens is 1. The molecule has 182 valence electrons. The molecule has 1 aliphatic rings. The number of nitriles is 1. The summed E-state index contributed by atoms with van der Waals surface area (Å²) in [5.41, 5.74) is 2.39. The highest BCUT2D eigenvalue weighted by atomic mass is 16.2. The Bertz CT molecular complexity index is 1110. The molecule has 1 aromatic carbocycles. The van der Waals surface area contributed by atoms with E-state index in [4.69, 9.17) is 0 Å². The first-order chi connectivity index (χ1) is 16.0. The Kier molecular flexibility index (Phi) is 7.65. The maximum absolute atomic E-state index is 13.0. The Hall–Kier alpha value is -3.34. The molecule has 3 atom stereocenters. The quantitative estimate of drug-likeness (QED) is 0.478. The van der Waals surface area contributed by atoms with Gasteiger partial charge in [0.2, 0.25) is 11.8 Å². The lowest BCUT2D eigenvalue weighted by Crippen LogP contribution is -2.50. The number of hydrogen-bond acceptors (Lipinski definition) is 4. The van der Waals surface area contributed by atoms with E-state index in [0.29, 0.717) is 25.1 Å². The minimum Gasteiger partial charge on any atom is -0.356 e. The van der Waals surface area contributed by atoms with Crippen molar-refractivity contribution in [2.24, 2.45) is 11.8 Å². The van der Waals surface area contributed by atoms with Gasteiger partial charge in [-0.25, -0.2) is 0 Å². The van der Waals surface area contributed by atoms with E-state index >= 15 is 0 Å². The predicted molar refractivity (Wildman–Crippen MR) is 131 cm³/mol. The smallest absolute Gasteiger partial charge is 0.268 e. The van der Waals surface area contributed by atoms with Crippen LogP contribution in [0.3, 0.4) is 0 Å². The maximum atomic E-state index is 13.0. The molecule has 2 aromatic rings. The van der Waals surface area contributed by atoms with Gasteiger partial charge in [-0.3, -0.25) is 14.4 Å². The summed E-state index contributed by atoms with van der Waals surface area (Å²) >= 11 is 0. The minimum atomic E-state index is -0.795. The number of fused-ring (bicyclic) bond motifs is 1. The van der Waals surface area contributed by atoms with Crippen molar-refractivity contribution in [3.8, 4) is 6.07 Å². The number of rotatable bonds is 8. The Morgan fingerprint density at radius 2 is 1.94 bits per heavy atom. The van der Waals surface area contributed by atoms with Gasteiger partial charge in [0.1, 0.15) is 17.8 Å². The Labute approximate surface area is 200 Å². The lowest BCUT2D eigenvalue weighted by Gasteiger charge is -2.22. The first-order valence-electron chi connectivity index (χ1n) is 11.9. The third-order valence-electron chi connectivity index (χ3n) is 6.22. The maximum Gasteiger partial charge on any atom is 0.268 e. The number of aromatic amines is 1. The highest BCUT2D eigenvalue weighted by Gasteiger charge is 2.30. The molecule has 8 heteroatoms. The van der Waals surface area contributed by atoms with Crippen LogP contribution in [0.25, 0.3) is 10.9 Å². The van der Waals surface area contributed by atoms with Crippen LogP contribution in [0.2, 0.25) is 0 Å².